The van der Waals surface area contributed by atoms with Crippen LogP contribution in [-0.2, 0) is 6.54 Å². The van der Waals surface area contributed by atoms with Gasteiger partial charge in [-0.3, -0.25) is 9.89 Å². The van der Waals surface area contributed by atoms with E-state index in [9.17, 15) is 0 Å². The molecule has 5 nitrogen and oxygen atoms in total. The first kappa shape index (κ1) is 19.2. The zero-order valence-electron chi connectivity index (χ0n) is 16.6. The number of rotatable bonds is 5. The van der Waals surface area contributed by atoms with Gasteiger partial charge >= 0.3 is 0 Å². The third kappa shape index (κ3) is 5.45. The van der Waals surface area contributed by atoms with E-state index >= 15 is 0 Å². The highest BCUT2D eigenvalue weighted by Gasteiger charge is 2.29. The molecule has 3 rings (SSSR count). The van der Waals surface area contributed by atoms with Gasteiger partial charge in [-0.15, -0.1) is 0 Å². The van der Waals surface area contributed by atoms with Crippen LogP contribution in [0.5, 0.6) is 0 Å². The number of nitrogens with zero attached hydrogens (tertiary/aromatic N) is 3. The summed E-state index contributed by atoms with van der Waals surface area (Å²) in [5, 5.41) is 7.21. The number of benzene rings is 1. The molecule has 26 heavy (non-hydrogen) atoms. The van der Waals surface area contributed by atoms with E-state index in [0.717, 1.165) is 31.5 Å². The van der Waals surface area contributed by atoms with Crippen LogP contribution in [0.25, 0.3) is 0 Å². The molecular weight excluding hydrogens is 322 g/mol. The van der Waals surface area contributed by atoms with Crippen LogP contribution < -0.4 is 10.6 Å². The first-order chi connectivity index (χ1) is 12.6. The number of likely N-dealkylation sites (tertiary alicyclic amines) is 2. The lowest BCUT2D eigenvalue weighted by molar-refractivity contribution is 0.220. The van der Waals surface area contributed by atoms with Gasteiger partial charge in [0.25, 0.3) is 0 Å². The summed E-state index contributed by atoms with van der Waals surface area (Å²) < 4.78 is 0. The lowest BCUT2D eigenvalue weighted by Gasteiger charge is -2.29. The lowest BCUT2D eigenvalue weighted by Crippen LogP contribution is -2.46. The fraction of sp³-hybridized carbons (Fsp3) is 0.667. The summed E-state index contributed by atoms with van der Waals surface area (Å²) in [4.78, 5) is 9.44. The Morgan fingerprint density at radius 2 is 1.92 bits per heavy atom. The molecule has 2 heterocycles. The molecule has 0 bridgehead atoms. The standard InChI is InChI=1S/C21H35N5/c1-17-13-20(16-26(17)15-19-7-5-4-6-8-19)24-21(22-2)23-14-18-9-11-25(3)12-10-18/h4-8,17-18,20H,9-16H2,1-3H3,(H2,22,23,24). The van der Waals surface area contributed by atoms with E-state index in [2.05, 4.69) is 69.7 Å². The molecule has 144 valence electrons. The highest BCUT2D eigenvalue weighted by atomic mass is 15.3. The maximum Gasteiger partial charge on any atom is 0.191 e. The van der Waals surface area contributed by atoms with Crippen molar-refractivity contribution in [1.82, 2.24) is 20.4 Å². The van der Waals surface area contributed by atoms with E-state index in [4.69, 9.17) is 0 Å². The van der Waals surface area contributed by atoms with E-state index in [0.29, 0.717) is 12.1 Å². The Balaban J connectivity index is 1.44. The Morgan fingerprint density at radius 3 is 2.62 bits per heavy atom. The van der Waals surface area contributed by atoms with E-state index in [1.54, 1.807) is 0 Å². The topological polar surface area (TPSA) is 42.9 Å². The summed E-state index contributed by atoms with van der Waals surface area (Å²) >= 11 is 0. The van der Waals surface area contributed by atoms with Gasteiger partial charge in [-0.2, -0.15) is 0 Å². The molecule has 0 aromatic heterocycles. The molecule has 2 atom stereocenters. The van der Waals surface area contributed by atoms with Gasteiger partial charge in [-0.25, -0.2) is 0 Å². The van der Waals surface area contributed by atoms with Crippen LogP contribution in [0.15, 0.2) is 35.3 Å². The summed E-state index contributed by atoms with van der Waals surface area (Å²) in [5.41, 5.74) is 1.39. The Kier molecular flexibility index (Phi) is 6.92. The first-order valence-corrected chi connectivity index (χ1v) is 10.1. The summed E-state index contributed by atoms with van der Waals surface area (Å²) in [6, 6.07) is 11.8. The van der Waals surface area contributed by atoms with Crippen molar-refractivity contribution in [2.24, 2.45) is 10.9 Å². The minimum atomic E-state index is 0.470. The maximum atomic E-state index is 4.45. The highest BCUT2D eigenvalue weighted by Crippen LogP contribution is 2.20. The van der Waals surface area contributed by atoms with Crippen LogP contribution in [0, 0.1) is 5.92 Å². The van der Waals surface area contributed by atoms with E-state index < -0.39 is 0 Å². The molecule has 2 aliphatic rings. The predicted molar refractivity (Wildman–Crippen MR) is 109 cm³/mol. The second-order valence-electron chi connectivity index (χ2n) is 8.04. The Labute approximate surface area is 158 Å². The van der Waals surface area contributed by atoms with Gasteiger partial charge in [0.1, 0.15) is 0 Å². The van der Waals surface area contributed by atoms with Gasteiger partial charge in [-0.05, 0) is 57.8 Å². The molecular formula is C21H35N5. The summed E-state index contributed by atoms with van der Waals surface area (Å²) in [5.74, 6) is 1.73. The summed E-state index contributed by atoms with van der Waals surface area (Å²) in [6.07, 6.45) is 3.74. The van der Waals surface area contributed by atoms with Crippen LogP contribution in [-0.4, -0.2) is 68.1 Å². The van der Waals surface area contributed by atoms with Crippen LogP contribution in [0.2, 0.25) is 0 Å². The third-order valence-corrected chi connectivity index (χ3v) is 5.89. The normalized spacial score (nSPS) is 26.2. The molecule has 2 N–H and O–H groups in total. The fourth-order valence-corrected chi connectivity index (χ4v) is 4.14. The van der Waals surface area contributed by atoms with Gasteiger partial charge in [0.15, 0.2) is 5.96 Å². The molecule has 0 aliphatic carbocycles. The molecule has 2 unspecified atom stereocenters. The van der Waals surface area contributed by atoms with Crippen molar-refractivity contribution in [3.05, 3.63) is 35.9 Å². The molecule has 0 spiro atoms. The summed E-state index contributed by atoms with van der Waals surface area (Å²) in [6.45, 7) is 7.90. The van der Waals surface area contributed by atoms with E-state index in [1.807, 2.05) is 7.05 Å². The maximum absolute atomic E-state index is 4.45. The highest BCUT2D eigenvalue weighted by molar-refractivity contribution is 5.80. The molecule has 0 radical (unpaired) electrons. The second kappa shape index (κ2) is 9.38. The zero-order chi connectivity index (χ0) is 18.4. The number of guanidine groups is 1. The molecule has 5 heteroatoms. The van der Waals surface area contributed by atoms with Crippen LogP contribution in [0.1, 0.15) is 31.7 Å². The van der Waals surface area contributed by atoms with Crippen molar-refractivity contribution >= 4 is 5.96 Å². The minimum absolute atomic E-state index is 0.470. The number of hydrogen-bond donors (Lipinski definition) is 2. The average Bonchev–Trinajstić information content (AvgIpc) is 3.00. The molecule has 1 aromatic carbocycles. The van der Waals surface area contributed by atoms with Crippen molar-refractivity contribution in [3.8, 4) is 0 Å². The number of piperidine rings is 1. The van der Waals surface area contributed by atoms with Crippen LogP contribution >= 0.6 is 0 Å². The molecule has 0 saturated carbocycles. The van der Waals surface area contributed by atoms with Crippen molar-refractivity contribution in [2.45, 2.75) is 44.8 Å². The third-order valence-electron chi connectivity index (χ3n) is 5.89. The lowest BCUT2D eigenvalue weighted by atomic mass is 9.97. The van der Waals surface area contributed by atoms with E-state index in [1.165, 1.54) is 37.9 Å². The van der Waals surface area contributed by atoms with Crippen LogP contribution in [0.3, 0.4) is 0 Å². The average molecular weight is 358 g/mol. The largest absolute Gasteiger partial charge is 0.356 e. The molecule has 1 aromatic rings. The minimum Gasteiger partial charge on any atom is -0.356 e. The van der Waals surface area contributed by atoms with Gasteiger partial charge in [-0.1, -0.05) is 30.3 Å². The van der Waals surface area contributed by atoms with Gasteiger partial charge in [0, 0.05) is 38.8 Å². The zero-order valence-corrected chi connectivity index (χ0v) is 16.6. The smallest absolute Gasteiger partial charge is 0.191 e. The van der Waals surface area contributed by atoms with Gasteiger partial charge in [0.2, 0.25) is 0 Å². The summed E-state index contributed by atoms with van der Waals surface area (Å²) in [7, 11) is 4.09. The van der Waals surface area contributed by atoms with Gasteiger partial charge in [0.05, 0.1) is 0 Å². The second-order valence-corrected chi connectivity index (χ2v) is 8.04. The van der Waals surface area contributed by atoms with Gasteiger partial charge < -0.3 is 15.5 Å². The molecule has 2 fully saturated rings. The number of hydrogen-bond acceptors (Lipinski definition) is 3. The van der Waals surface area contributed by atoms with Crippen molar-refractivity contribution in [3.63, 3.8) is 0 Å². The Hall–Kier alpha value is -1.59. The Morgan fingerprint density at radius 1 is 1.19 bits per heavy atom. The number of nitrogens with one attached hydrogen (secondary N) is 2. The van der Waals surface area contributed by atoms with Crippen molar-refractivity contribution in [2.75, 3.05) is 40.3 Å². The molecule has 0 amide bonds. The molecule has 2 aliphatic heterocycles. The van der Waals surface area contributed by atoms with Crippen LogP contribution in [0.4, 0.5) is 0 Å². The fourth-order valence-electron chi connectivity index (χ4n) is 4.14. The van der Waals surface area contributed by atoms with E-state index in [-0.39, 0.29) is 0 Å². The SMILES string of the molecule is CN=C(NCC1CCN(C)CC1)NC1CC(C)N(Cc2ccccc2)C1. The first-order valence-electron chi connectivity index (χ1n) is 10.1. The molecule has 2 saturated heterocycles. The quantitative estimate of drug-likeness (QED) is 0.626. The van der Waals surface area contributed by atoms with Crippen molar-refractivity contribution in [1.29, 1.82) is 0 Å². The predicted octanol–water partition coefficient (Wildman–Crippen LogP) is 2.16. The monoisotopic (exact) mass is 357 g/mol. The number of aliphatic imine (C=N–C) groups is 1. The Bertz CT molecular complexity index is 565. The van der Waals surface area contributed by atoms with Crippen molar-refractivity contribution < 1.29 is 0 Å².